The number of carbonyl (C=O) groups excluding carboxylic acids is 1. The van der Waals surface area contributed by atoms with Crippen molar-refractivity contribution in [1.29, 1.82) is 0 Å². The number of fused-ring (bicyclic) bond motifs is 1. The third-order valence-electron chi connectivity index (χ3n) is 4.95. The Bertz CT molecular complexity index is 1150. The molecule has 33 heavy (non-hydrogen) atoms. The fourth-order valence-electron chi connectivity index (χ4n) is 3.30. The fraction of sp³-hybridized carbons (Fsp3) is 0.240. The molecule has 1 aliphatic rings. The van der Waals surface area contributed by atoms with E-state index in [0.29, 0.717) is 23.3 Å². The Kier molecular flexibility index (Phi) is 7.47. The number of thioether (sulfide) groups is 1. The molecule has 0 unspecified atom stereocenters. The van der Waals surface area contributed by atoms with Gasteiger partial charge in [-0.05, 0) is 61.1 Å². The number of anilines is 3. The van der Waals surface area contributed by atoms with Crippen molar-refractivity contribution < 1.29 is 14.3 Å². The molecule has 4 rings (SSSR count). The lowest BCUT2D eigenvalue weighted by Gasteiger charge is -2.19. The van der Waals surface area contributed by atoms with Crippen LogP contribution in [-0.2, 0) is 17.0 Å². The Morgan fingerprint density at radius 2 is 1.97 bits per heavy atom. The number of carbonyl (C=O) groups is 1. The highest BCUT2D eigenvalue weighted by molar-refractivity contribution is 7.98. The van der Waals surface area contributed by atoms with Crippen LogP contribution in [0.5, 0.6) is 17.4 Å². The van der Waals surface area contributed by atoms with E-state index < -0.39 is 0 Å². The zero-order valence-electron chi connectivity index (χ0n) is 18.6. The smallest absolute Gasteiger partial charge is 0.248 e. The number of methoxy groups -OCH3 is 1. The van der Waals surface area contributed by atoms with Crippen molar-refractivity contribution in [1.82, 2.24) is 9.97 Å². The average molecular weight is 463 g/mol. The van der Waals surface area contributed by atoms with Crippen LogP contribution in [0.15, 0.2) is 60.7 Å². The third-order valence-corrected chi connectivity index (χ3v) is 5.94. The number of rotatable bonds is 8. The highest BCUT2D eigenvalue weighted by Crippen LogP contribution is 2.34. The molecule has 8 heteroatoms. The van der Waals surface area contributed by atoms with E-state index in [1.165, 1.54) is 6.08 Å². The van der Waals surface area contributed by atoms with E-state index in [2.05, 4.69) is 15.6 Å². The van der Waals surface area contributed by atoms with Crippen LogP contribution in [0.3, 0.4) is 0 Å². The number of hydrogen-bond donors (Lipinski definition) is 2. The van der Waals surface area contributed by atoms with Crippen molar-refractivity contribution in [2.24, 2.45) is 0 Å². The Labute approximate surface area is 197 Å². The Hall–Kier alpha value is -3.52. The summed E-state index contributed by atoms with van der Waals surface area (Å²) < 4.78 is 11.4. The van der Waals surface area contributed by atoms with Gasteiger partial charge in [0.1, 0.15) is 11.5 Å². The number of nitrogens with zero attached hydrogens (tertiary/aromatic N) is 2. The van der Waals surface area contributed by atoms with Gasteiger partial charge in [0.2, 0.25) is 17.7 Å². The van der Waals surface area contributed by atoms with Crippen molar-refractivity contribution in [3.05, 3.63) is 71.9 Å². The number of amides is 1. The van der Waals surface area contributed by atoms with Crippen LogP contribution in [0.4, 0.5) is 17.3 Å². The number of benzene rings is 2. The molecule has 0 bridgehead atoms. The summed E-state index contributed by atoms with van der Waals surface area (Å²) in [5.74, 6) is 4.02. The maximum Gasteiger partial charge on any atom is 0.248 e. The monoisotopic (exact) mass is 462 g/mol. The number of ether oxygens (including phenoxy) is 2. The Balaban J connectivity index is 1.57. The van der Waals surface area contributed by atoms with E-state index in [9.17, 15) is 4.79 Å². The van der Waals surface area contributed by atoms with Gasteiger partial charge < -0.3 is 20.1 Å². The summed E-state index contributed by atoms with van der Waals surface area (Å²) in [6.45, 7) is 1.98. The lowest BCUT2D eigenvalue weighted by atomic mass is 10.2. The average Bonchev–Trinajstić information content (AvgIpc) is 2.83. The van der Waals surface area contributed by atoms with Gasteiger partial charge in [0.15, 0.2) is 0 Å². The summed E-state index contributed by atoms with van der Waals surface area (Å²) in [4.78, 5) is 21.4. The molecular weight excluding hydrogens is 436 g/mol. The molecule has 0 saturated heterocycles. The normalized spacial score (nSPS) is 12.8. The van der Waals surface area contributed by atoms with Crippen molar-refractivity contribution >= 4 is 35.0 Å². The summed E-state index contributed by atoms with van der Waals surface area (Å²) in [5.41, 5.74) is 3.51. The Morgan fingerprint density at radius 1 is 1.12 bits per heavy atom. The second-order valence-electron chi connectivity index (χ2n) is 7.36. The summed E-state index contributed by atoms with van der Waals surface area (Å²) >= 11 is 1.84. The van der Waals surface area contributed by atoms with Crippen LogP contribution in [-0.4, -0.2) is 28.7 Å². The summed E-state index contributed by atoms with van der Waals surface area (Å²) in [5, 5.41) is 6.11. The quantitative estimate of drug-likeness (QED) is 0.414. The first kappa shape index (κ1) is 22.7. The zero-order chi connectivity index (χ0) is 23.0. The first-order valence-corrected chi connectivity index (χ1v) is 11.9. The maximum absolute atomic E-state index is 12.0. The summed E-state index contributed by atoms with van der Waals surface area (Å²) in [7, 11) is 1.64. The molecule has 170 valence electrons. The molecule has 1 aromatic heterocycles. The van der Waals surface area contributed by atoms with Gasteiger partial charge in [0, 0.05) is 28.8 Å². The molecule has 1 aliphatic heterocycles. The molecule has 2 N–H and O–H groups in total. The molecule has 0 atom stereocenters. The second kappa shape index (κ2) is 10.9. The molecule has 1 amide bonds. The van der Waals surface area contributed by atoms with Crippen molar-refractivity contribution in [2.45, 2.75) is 25.5 Å². The van der Waals surface area contributed by atoms with Gasteiger partial charge >= 0.3 is 0 Å². The number of allylic oxidation sites excluding steroid dienone is 1. The number of hydrogen-bond acceptors (Lipinski definition) is 7. The van der Waals surface area contributed by atoms with Gasteiger partial charge in [0.05, 0.1) is 12.8 Å². The van der Waals surface area contributed by atoms with Crippen LogP contribution >= 0.6 is 11.8 Å². The minimum Gasteiger partial charge on any atom is -0.497 e. The van der Waals surface area contributed by atoms with E-state index in [1.54, 1.807) is 13.2 Å². The van der Waals surface area contributed by atoms with Crippen LogP contribution in [0.25, 0.3) is 0 Å². The minimum atomic E-state index is -0.171. The number of aryl methyl sites for hydroxylation is 1. The Morgan fingerprint density at radius 3 is 2.76 bits per heavy atom. The molecule has 2 aromatic carbocycles. The first-order valence-electron chi connectivity index (χ1n) is 10.8. The molecule has 0 radical (unpaired) electrons. The predicted octanol–water partition coefficient (Wildman–Crippen LogP) is 5.72. The number of aromatic nitrogens is 2. The number of nitrogens with one attached hydrogen (secondary N) is 2. The highest BCUT2D eigenvalue weighted by Gasteiger charge is 2.20. The SMILES string of the molecule is CC/C=C/C(=O)Nc1cccc(Oc2nc(Nc3ccc(OC)cc3)nc3c2CSCC3)c1. The molecule has 7 nitrogen and oxygen atoms in total. The lowest BCUT2D eigenvalue weighted by Crippen LogP contribution is -2.11. The molecule has 0 spiro atoms. The van der Waals surface area contributed by atoms with Gasteiger partial charge in [-0.15, -0.1) is 0 Å². The van der Waals surface area contributed by atoms with Gasteiger partial charge in [0.25, 0.3) is 0 Å². The molecule has 0 fully saturated rings. The first-order chi connectivity index (χ1) is 16.1. The summed E-state index contributed by atoms with van der Waals surface area (Å²) in [6.07, 6.45) is 5.01. The largest absolute Gasteiger partial charge is 0.497 e. The highest BCUT2D eigenvalue weighted by atomic mass is 32.2. The van der Waals surface area contributed by atoms with Crippen LogP contribution < -0.4 is 20.1 Å². The van der Waals surface area contributed by atoms with Crippen LogP contribution in [0, 0.1) is 0 Å². The molecular formula is C25H26N4O3S. The summed E-state index contributed by atoms with van der Waals surface area (Å²) in [6, 6.07) is 14.9. The standard InChI is InChI=1S/C25H26N4O3S/c1-3-4-8-23(30)26-18-6-5-7-20(15-18)32-24-21-16-33-14-13-22(21)28-25(29-24)27-17-9-11-19(31-2)12-10-17/h4-12,15H,3,13-14,16H2,1-2H3,(H,26,30)(H,27,28,29)/b8-4+. The molecule has 0 aliphatic carbocycles. The topological polar surface area (TPSA) is 85.4 Å². The van der Waals surface area contributed by atoms with Crippen molar-refractivity contribution in [2.75, 3.05) is 23.5 Å². The third kappa shape index (κ3) is 6.04. The van der Waals surface area contributed by atoms with Gasteiger partial charge in [-0.25, -0.2) is 4.98 Å². The van der Waals surface area contributed by atoms with Gasteiger partial charge in [-0.1, -0.05) is 19.1 Å². The lowest BCUT2D eigenvalue weighted by molar-refractivity contribution is -0.111. The van der Waals surface area contributed by atoms with E-state index in [1.807, 2.05) is 67.2 Å². The predicted molar refractivity (Wildman–Crippen MR) is 133 cm³/mol. The van der Waals surface area contributed by atoms with E-state index >= 15 is 0 Å². The van der Waals surface area contributed by atoms with E-state index in [4.69, 9.17) is 14.5 Å². The molecule has 3 aromatic rings. The minimum absolute atomic E-state index is 0.171. The van der Waals surface area contributed by atoms with Crippen LogP contribution in [0.1, 0.15) is 24.6 Å². The van der Waals surface area contributed by atoms with Gasteiger partial charge in [-0.3, -0.25) is 4.79 Å². The fourth-order valence-corrected chi connectivity index (χ4v) is 4.28. The zero-order valence-corrected chi connectivity index (χ0v) is 19.4. The van der Waals surface area contributed by atoms with E-state index in [0.717, 1.165) is 47.0 Å². The van der Waals surface area contributed by atoms with E-state index in [-0.39, 0.29) is 5.91 Å². The van der Waals surface area contributed by atoms with Crippen molar-refractivity contribution in [3.63, 3.8) is 0 Å². The van der Waals surface area contributed by atoms with Crippen LogP contribution in [0.2, 0.25) is 0 Å². The molecule has 0 saturated carbocycles. The molecule has 2 heterocycles. The maximum atomic E-state index is 12.0. The van der Waals surface area contributed by atoms with Crippen molar-refractivity contribution in [3.8, 4) is 17.4 Å². The second-order valence-corrected chi connectivity index (χ2v) is 8.47. The van der Waals surface area contributed by atoms with Gasteiger partial charge in [-0.2, -0.15) is 16.7 Å².